The average Bonchev–Trinajstić information content (AvgIpc) is 3.30. The van der Waals surface area contributed by atoms with Gasteiger partial charge in [-0.1, -0.05) is 13.8 Å². The molecule has 0 spiro atoms. The Morgan fingerprint density at radius 1 is 1.14 bits per heavy atom. The van der Waals surface area contributed by atoms with Gasteiger partial charge in [0, 0.05) is 23.9 Å². The third kappa shape index (κ3) is 2.81. The first-order valence-corrected chi connectivity index (χ1v) is 9.18. The predicted molar refractivity (Wildman–Crippen MR) is 105 cm³/mol. The quantitative estimate of drug-likeness (QED) is 0.571. The van der Waals surface area contributed by atoms with Crippen LogP contribution in [0.1, 0.15) is 66.7 Å². The Balaban J connectivity index is 1.91. The molecule has 4 rings (SSSR count). The summed E-state index contributed by atoms with van der Waals surface area (Å²) in [6.07, 6.45) is 3.49. The minimum atomic E-state index is -0.662. The summed E-state index contributed by atoms with van der Waals surface area (Å²) in [5.41, 5.74) is 7.50. The van der Waals surface area contributed by atoms with Crippen molar-refractivity contribution in [3.63, 3.8) is 0 Å². The maximum absolute atomic E-state index is 11.4. The summed E-state index contributed by atoms with van der Waals surface area (Å²) < 4.78 is 3.64. The number of amides is 1. The maximum Gasteiger partial charge on any atom is 0.248 e. The number of carbonyl (C=O) groups is 1. The van der Waals surface area contributed by atoms with Crippen LogP contribution in [0.3, 0.4) is 0 Å². The molecule has 2 N–H and O–H groups in total. The van der Waals surface area contributed by atoms with Crippen LogP contribution in [0.15, 0.2) is 30.6 Å². The number of rotatable bonds is 4. The Morgan fingerprint density at radius 3 is 2.48 bits per heavy atom. The summed E-state index contributed by atoms with van der Waals surface area (Å²) in [5, 5.41) is 26.9. The van der Waals surface area contributed by atoms with Crippen LogP contribution < -0.4 is 5.73 Å². The fourth-order valence-corrected chi connectivity index (χ4v) is 3.54. The lowest BCUT2D eigenvalue weighted by atomic mass is 9.81. The minimum absolute atomic E-state index is 0.176. The normalized spacial score (nSPS) is 12.0. The van der Waals surface area contributed by atoms with Crippen molar-refractivity contribution in [2.24, 2.45) is 5.73 Å². The van der Waals surface area contributed by atoms with Crippen molar-refractivity contribution in [3.05, 3.63) is 58.9 Å². The van der Waals surface area contributed by atoms with E-state index in [0.29, 0.717) is 28.2 Å². The van der Waals surface area contributed by atoms with Crippen LogP contribution >= 0.6 is 0 Å². The Hall–Kier alpha value is -3.80. The number of primary amides is 1. The van der Waals surface area contributed by atoms with Crippen molar-refractivity contribution in [3.8, 4) is 6.07 Å². The highest BCUT2D eigenvalue weighted by molar-refractivity contribution is 5.93. The van der Waals surface area contributed by atoms with E-state index in [4.69, 9.17) is 5.73 Å². The number of pyridine rings is 2. The number of nitriles is 1. The van der Waals surface area contributed by atoms with Crippen molar-refractivity contribution in [1.82, 2.24) is 29.2 Å². The molecule has 4 heterocycles. The molecule has 146 valence electrons. The zero-order valence-corrected chi connectivity index (χ0v) is 16.6. The molecule has 1 amide bonds. The molecule has 0 radical (unpaired) electrons. The molecule has 0 saturated carbocycles. The number of nitrogens with zero attached hydrogens (tertiary/aromatic N) is 7. The zero-order chi connectivity index (χ0) is 20.9. The molecule has 0 aromatic carbocycles. The highest BCUT2D eigenvalue weighted by Crippen LogP contribution is 2.34. The average molecular weight is 388 g/mol. The number of hydrogen-bond acceptors (Lipinski definition) is 6. The molecule has 4 aromatic heterocycles. The van der Waals surface area contributed by atoms with Gasteiger partial charge in [-0.3, -0.25) is 13.6 Å². The second-order valence-electron chi connectivity index (χ2n) is 7.81. The van der Waals surface area contributed by atoms with Crippen molar-refractivity contribution in [2.75, 3.05) is 0 Å². The summed E-state index contributed by atoms with van der Waals surface area (Å²) >= 11 is 0. The molecule has 0 saturated heterocycles. The summed E-state index contributed by atoms with van der Waals surface area (Å²) in [5.74, 6) is 1.08. The maximum atomic E-state index is 11.4. The third-order valence-corrected chi connectivity index (χ3v) is 5.13. The molecule has 9 nitrogen and oxygen atoms in total. The van der Waals surface area contributed by atoms with Gasteiger partial charge in [0.15, 0.2) is 11.3 Å². The lowest BCUT2D eigenvalue weighted by molar-refractivity contribution is 0.1000. The number of carbonyl (C=O) groups excluding carboxylic acids is 1. The van der Waals surface area contributed by atoms with Crippen LogP contribution in [0, 0.1) is 11.3 Å². The van der Waals surface area contributed by atoms with Crippen molar-refractivity contribution >= 4 is 17.2 Å². The predicted octanol–water partition coefficient (Wildman–Crippen LogP) is 2.19. The van der Waals surface area contributed by atoms with Gasteiger partial charge >= 0.3 is 0 Å². The molecule has 0 aliphatic rings. The first-order chi connectivity index (χ1) is 13.7. The van der Waals surface area contributed by atoms with E-state index < -0.39 is 11.3 Å². The Morgan fingerprint density at radius 2 is 1.83 bits per heavy atom. The first-order valence-electron chi connectivity index (χ1n) is 9.18. The van der Waals surface area contributed by atoms with E-state index in [1.165, 1.54) is 0 Å². The largest absolute Gasteiger partial charge is 0.366 e. The summed E-state index contributed by atoms with van der Waals surface area (Å²) in [7, 11) is 0. The zero-order valence-electron chi connectivity index (χ0n) is 16.6. The first kappa shape index (κ1) is 18.6. The van der Waals surface area contributed by atoms with E-state index in [2.05, 4.69) is 26.5 Å². The Kier molecular flexibility index (Phi) is 4.08. The molecule has 29 heavy (non-hydrogen) atoms. The van der Waals surface area contributed by atoms with Gasteiger partial charge in [-0.15, -0.1) is 20.4 Å². The molecule has 4 aromatic rings. The van der Waals surface area contributed by atoms with Crippen molar-refractivity contribution < 1.29 is 4.79 Å². The van der Waals surface area contributed by atoms with E-state index in [0.717, 1.165) is 11.4 Å². The number of fused-ring (bicyclic) bond motifs is 2. The van der Waals surface area contributed by atoms with Gasteiger partial charge in [-0.2, -0.15) is 5.26 Å². The standard InChI is InChI=1S/C20H20N8O/c1-11(2)18-25-23-16-8-14(13(9-21)10-28(16)18)20(3,4)19-26-24-15-7-12(17(22)29)5-6-27(15)19/h5-8,10-11H,1-4H3,(H2,22,29). The van der Waals surface area contributed by atoms with Gasteiger partial charge in [0.2, 0.25) is 5.91 Å². The van der Waals surface area contributed by atoms with E-state index in [1.807, 2.05) is 38.2 Å². The van der Waals surface area contributed by atoms with Gasteiger partial charge in [-0.05, 0) is 37.6 Å². The van der Waals surface area contributed by atoms with Gasteiger partial charge in [0.05, 0.1) is 11.0 Å². The fourth-order valence-electron chi connectivity index (χ4n) is 3.54. The molecule has 0 aliphatic heterocycles. The minimum Gasteiger partial charge on any atom is -0.366 e. The van der Waals surface area contributed by atoms with Crippen molar-refractivity contribution in [1.29, 1.82) is 5.26 Å². The summed E-state index contributed by atoms with van der Waals surface area (Å²) in [4.78, 5) is 11.4. The number of nitrogens with two attached hydrogens (primary N) is 1. The molecule has 0 atom stereocenters. The van der Waals surface area contributed by atoms with E-state index in [-0.39, 0.29) is 5.92 Å². The lowest BCUT2D eigenvalue weighted by Crippen LogP contribution is -2.24. The van der Waals surface area contributed by atoms with Crippen LogP contribution in [-0.2, 0) is 5.41 Å². The van der Waals surface area contributed by atoms with Crippen LogP contribution in [0.2, 0.25) is 0 Å². The lowest BCUT2D eigenvalue weighted by Gasteiger charge is -2.24. The summed E-state index contributed by atoms with van der Waals surface area (Å²) in [6.45, 7) is 8.00. The van der Waals surface area contributed by atoms with Gasteiger partial charge in [-0.25, -0.2) is 0 Å². The molecule has 0 unspecified atom stereocenters. The topological polar surface area (TPSA) is 127 Å². The smallest absolute Gasteiger partial charge is 0.248 e. The number of hydrogen-bond donors (Lipinski definition) is 1. The summed E-state index contributed by atoms with van der Waals surface area (Å²) in [6, 6.07) is 7.38. The molecule has 0 aliphatic carbocycles. The van der Waals surface area contributed by atoms with Crippen LogP contribution in [0.4, 0.5) is 0 Å². The molecular weight excluding hydrogens is 368 g/mol. The molecular formula is C20H20N8O. The van der Waals surface area contributed by atoms with E-state index in [1.54, 1.807) is 28.9 Å². The Labute approximate surface area is 166 Å². The second kappa shape index (κ2) is 6.38. The molecule has 0 bridgehead atoms. The second-order valence-corrected chi connectivity index (χ2v) is 7.81. The highest BCUT2D eigenvalue weighted by atomic mass is 16.1. The van der Waals surface area contributed by atoms with Crippen LogP contribution in [0.5, 0.6) is 0 Å². The van der Waals surface area contributed by atoms with Crippen molar-refractivity contribution in [2.45, 2.75) is 39.0 Å². The molecule has 9 heteroatoms. The van der Waals surface area contributed by atoms with Crippen LogP contribution in [-0.4, -0.2) is 35.1 Å². The third-order valence-electron chi connectivity index (χ3n) is 5.13. The van der Waals surface area contributed by atoms with E-state index >= 15 is 0 Å². The monoisotopic (exact) mass is 388 g/mol. The van der Waals surface area contributed by atoms with Gasteiger partial charge in [0.1, 0.15) is 17.7 Å². The van der Waals surface area contributed by atoms with Gasteiger partial charge in [0.25, 0.3) is 0 Å². The molecule has 0 fully saturated rings. The van der Waals surface area contributed by atoms with Crippen LogP contribution in [0.25, 0.3) is 11.3 Å². The highest BCUT2D eigenvalue weighted by Gasteiger charge is 2.32. The van der Waals surface area contributed by atoms with Gasteiger partial charge < -0.3 is 5.73 Å². The Bertz CT molecular complexity index is 1310. The number of aromatic nitrogens is 6. The SMILES string of the molecule is CC(C)c1nnc2cc(C(C)(C)c3nnc4cc(C(N)=O)ccn34)c(C#N)cn12. The fraction of sp³-hybridized carbons (Fsp3) is 0.300. The van der Waals surface area contributed by atoms with E-state index in [9.17, 15) is 10.1 Å².